The Hall–Kier alpha value is -10.1. The van der Waals surface area contributed by atoms with E-state index in [0.29, 0.717) is 59.9 Å². The summed E-state index contributed by atoms with van der Waals surface area (Å²) >= 11 is 0. The minimum Gasteiger partial charge on any atom is -0.508 e. The molecule has 12 N–H and O–H groups in total. The van der Waals surface area contributed by atoms with Crippen LogP contribution in [0, 0.1) is 0 Å². The number of carboxylic acids is 2. The summed E-state index contributed by atoms with van der Waals surface area (Å²) in [6, 6.07) is 11.3. The molecule has 518 valence electrons. The van der Waals surface area contributed by atoms with E-state index in [2.05, 4.69) is 47.5 Å². The van der Waals surface area contributed by atoms with Crippen LogP contribution in [-0.4, -0.2) is 244 Å². The molecule has 7 atom stereocenters. The quantitative estimate of drug-likeness (QED) is 0.0526. The smallest absolute Gasteiger partial charge is 0.317 e. The highest BCUT2D eigenvalue weighted by Gasteiger charge is 2.41. The van der Waals surface area contributed by atoms with Crippen LogP contribution in [0.2, 0.25) is 0 Å². The predicted octanol–water partition coefficient (Wildman–Crippen LogP) is -0.515. The second-order valence-electron chi connectivity index (χ2n) is 24.3. The molecule has 0 aliphatic carbocycles. The molecule has 0 saturated carbocycles. The van der Waals surface area contributed by atoms with Gasteiger partial charge < -0.3 is 82.4 Å². The van der Waals surface area contributed by atoms with Crippen LogP contribution >= 0.6 is 0 Å². The van der Waals surface area contributed by atoms with E-state index in [1.54, 1.807) is 65.7 Å². The number of H-pyrrole nitrogens is 1. The highest BCUT2D eigenvalue weighted by Crippen LogP contribution is 2.23. The molecule has 3 saturated heterocycles. The minimum absolute atomic E-state index is 0.0532. The molecule has 3 aliphatic rings. The number of amides is 12. The van der Waals surface area contributed by atoms with E-state index in [1.165, 1.54) is 31.1 Å². The molecule has 3 fully saturated rings. The fraction of sp³-hybridized carbons (Fsp3) is 0.500. The molecule has 0 unspecified atom stereocenters. The summed E-state index contributed by atoms with van der Waals surface area (Å²) in [7, 11) is 2.60. The number of phenols is 1. The zero-order valence-corrected chi connectivity index (χ0v) is 54.3. The summed E-state index contributed by atoms with van der Waals surface area (Å²) in [5, 5.41) is 51.4. The molecule has 4 aromatic rings. The van der Waals surface area contributed by atoms with Crippen LogP contribution < -0.4 is 42.5 Å². The van der Waals surface area contributed by atoms with Crippen LogP contribution in [0.15, 0.2) is 85.1 Å². The van der Waals surface area contributed by atoms with E-state index in [1.807, 2.05) is 19.1 Å². The van der Waals surface area contributed by atoms with Crippen molar-refractivity contribution in [1.29, 1.82) is 0 Å². The third-order valence-electron chi connectivity index (χ3n) is 17.4. The van der Waals surface area contributed by atoms with Gasteiger partial charge >= 0.3 is 18.0 Å². The average Bonchev–Trinajstić information content (AvgIpc) is 1.56. The number of aromatic amines is 1. The number of aromatic hydroxyl groups is 1. The number of carbonyl (C=O) groups excluding carboxylic acids is 11. The number of hydrogen-bond acceptors (Lipinski definition) is 15. The van der Waals surface area contributed by atoms with Crippen molar-refractivity contribution in [3.63, 3.8) is 0 Å². The van der Waals surface area contributed by atoms with Crippen molar-refractivity contribution in [3.8, 4) is 5.75 Å². The molecule has 96 heavy (non-hydrogen) atoms. The lowest BCUT2D eigenvalue weighted by molar-refractivity contribution is -0.147. The topological polar surface area (TPSA) is 411 Å². The first-order chi connectivity index (χ1) is 46.0. The number of urea groups is 1. The summed E-state index contributed by atoms with van der Waals surface area (Å²) in [6.45, 7) is 0.939. The maximum Gasteiger partial charge on any atom is 0.317 e. The molecule has 0 spiro atoms. The Morgan fingerprint density at radius 1 is 0.562 bits per heavy atom. The molecular weight excluding hydrogens is 1240 g/mol. The number of hydrogen-bond donors (Lipinski definition) is 12. The molecule has 0 radical (unpaired) electrons. The number of unbranched alkanes of at least 4 members (excludes halogenated alkanes) is 3. The number of nitrogens with zero attached hydrogens (tertiary/aromatic N) is 5. The Morgan fingerprint density at radius 3 is 1.85 bits per heavy atom. The molecule has 7 rings (SSSR count). The van der Waals surface area contributed by atoms with Gasteiger partial charge in [0.1, 0.15) is 48.0 Å². The van der Waals surface area contributed by atoms with Crippen molar-refractivity contribution in [3.05, 3.63) is 102 Å². The number of phenolic OH excluding ortho intramolecular Hbond substituents is 1. The van der Waals surface area contributed by atoms with E-state index in [-0.39, 0.29) is 96.3 Å². The van der Waals surface area contributed by atoms with Crippen molar-refractivity contribution >= 4 is 87.9 Å². The SMILES string of the molecule is CCCCC[C@@H]1NC(=O)[C@H](Cc2ccc(O)cc2)NC(=O)[C@H](Cc2ccccc2)N(C)C(=O)CNC(=O)CNC(=O)[C@H]2CCCN2C(=O)[C@H](CC(=O)O)NC(=O)[C@H](CCCCNC(=O)N2CCN(CC(=O)O)CC2)N(C)C(=O)CNC(=O)[C@H](Cc2c[nH]c3ccccc23)NC1=O. The van der Waals surface area contributed by atoms with Gasteiger partial charge in [0.05, 0.1) is 32.6 Å². The molecular formula is C66H88N14O16. The van der Waals surface area contributed by atoms with Gasteiger partial charge in [0.25, 0.3) is 0 Å². The van der Waals surface area contributed by atoms with E-state index < -0.39 is 145 Å². The monoisotopic (exact) mass is 1330 g/mol. The third kappa shape index (κ3) is 21.4. The molecule has 3 aromatic carbocycles. The van der Waals surface area contributed by atoms with Crippen LogP contribution in [0.25, 0.3) is 10.9 Å². The highest BCUT2D eigenvalue weighted by molar-refractivity contribution is 5.99. The Morgan fingerprint density at radius 2 is 1.16 bits per heavy atom. The first kappa shape index (κ1) is 73.3. The maximum absolute atomic E-state index is 14.9. The highest BCUT2D eigenvalue weighted by atomic mass is 16.4. The largest absolute Gasteiger partial charge is 0.508 e. The van der Waals surface area contributed by atoms with Gasteiger partial charge in [-0.25, -0.2) is 4.79 Å². The van der Waals surface area contributed by atoms with Gasteiger partial charge in [0.2, 0.25) is 59.1 Å². The van der Waals surface area contributed by atoms with E-state index in [0.717, 1.165) is 14.7 Å². The Labute approximate surface area is 555 Å². The van der Waals surface area contributed by atoms with Gasteiger partial charge in [-0.3, -0.25) is 62.4 Å². The molecule has 3 aliphatic heterocycles. The lowest BCUT2D eigenvalue weighted by atomic mass is 10.00. The average molecular weight is 1330 g/mol. The molecule has 0 bridgehead atoms. The van der Waals surface area contributed by atoms with E-state index in [4.69, 9.17) is 0 Å². The lowest BCUT2D eigenvalue weighted by Crippen LogP contribution is -2.60. The summed E-state index contributed by atoms with van der Waals surface area (Å²) in [4.78, 5) is 191. The maximum atomic E-state index is 14.9. The number of aliphatic carboxylic acids is 2. The van der Waals surface area contributed by atoms with Crippen LogP contribution in [0.1, 0.15) is 87.8 Å². The second-order valence-corrected chi connectivity index (χ2v) is 24.3. The number of fused-ring (bicyclic) bond motifs is 2. The van der Waals surface area contributed by atoms with Gasteiger partial charge in [0.15, 0.2) is 0 Å². The van der Waals surface area contributed by atoms with Crippen LogP contribution in [0.4, 0.5) is 4.79 Å². The van der Waals surface area contributed by atoms with Crippen LogP contribution in [0.5, 0.6) is 5.75 Å². The molecule has 1 aromatic heterocycles. The summed E-state index contributed by atoms with van der Waals surface area (Å²) in [5.41, 5.74) is 2.40. The van der Waals surface area contributed by atoms with Gasteiger partial charge in [-0.15, -0.1) is 0 Å². The number of nitrogens with one attached hydrogen (secondary N) is 9. The third-order valence-corrected chi connectivity index (χ3v) is 17.4. The van der Waals surface area contributed by atoms with Crippen LogP contribution in [0.3, 0.4) is 0 Å². The van der Waals surface area contributed by atoms with E-state index >= 15 is 0 Å². The normalized spacial score (nSPS) is 22.4. The van der Waals surface area contributed by atoms with Gasteiger partial charge in [-0.05, 0) is 73.4 Å². The molecule has 30 nitrogen and oxygen atoms in total. The van der Waals surface area contributed by atoms with Crippen molar-refractivity contribution in [2.24, 2.45) is 0 Å². The molecule has 30 heteroatoms. The summed E-state index contributed by atoms with van der Waals surface area (Å²) in [6.07, 6.45) is 2.73. The van der Waals surface area contributed by atoms with E-state index in [9.17, 15) is 77.6 Å². The first-order valence-electron chi connectivity index (χ1n) is 32.4. The number of rotatable bonds is 19. The van der Waals surface area contributed by atoms with Gasteiger partial charge in [-0.1, -0.05) is 86.8 Å². The number of likely N-dealkylation sites (N-methyl/N-ethyl adjacent to an activating group) is 2. The number of piperazine rings is 1. The Kier molecular flexibility index (Phi) is 27.4. The number of benzene rings is 3. The zero-order chi connectivity index (χ0) is 69.4. The van der Waals surface area contributed by atoms with Gasteiger partial charge in [0, 0.05) is 89.7 Å². The first-order valence-corrected chi connectivity index (χ1v) is 32.4. The van der Waals surface area contributed by atoms with Crippen molar-refractivity contribution in [2.45, 2.75) is 133 Å². The Bertz CT molecular complexity index is 3410. The fourth-order valence-electron chi connectivity index (χ4n) is 11.9. The minimum atomic E-state index is -1.79. The fourth-order valence-corrected chi connectivity index (χ4v) is 11.9. The standard InChI is InChI=1S/C66H88N14O16/c1-4-5-7-19-47-60(90)73-49(34-43-36-68-46-18-11-10-17-45(43)46)59(89)71-39-56(84)76(2)51(20-12-13-26-67-66(96)79-30-28-78(29-31-79)40-58(87)88)63(93)75-50(35-57(85)86)65(95)80-27-14-21-52(80)62(92)70-37-54(82)69-38-55(83)77(3)53(33-41-15-8-6-9-16-41)64(94)74-48(61(91)72-47)32-42-22-24-44(81)25-23-42/h6,8-11,15-18,22-25,36,47-53,68,81H,4-5,7,12-14,19-21,26-35,37-40H2,1-3H3,(H,67,96)(H,69,82)(H,70,92)(H,71,89)(H,72,91)(H,73,90)(H,74,94)(H,75,93)(H,85,86)(H,87,88)/t47-,48-,49-,50-,51-,52+,53-/m0/s1. The van der Waals surface area contributed by atoms with Gasteiger partial charge in [-0.2, -0.15) is 0 Å². The summed E-state index contributed by atoms with van der Waals surface area (Å²) in [5.74, 6) is -11.0. The zero-order valence-electron chi connectivity index (χ0n) is 54.3. The lowest BCUT2D eigenvalue weighted by Gasteiger charge is -2.33. The predicted molar refractivity (Wildman–Crippen MR) is 348 cm³/mol. The van der Waals surface area contributed by atoms with Crippen LogP contribution in [-0.2, 0) is 76.8 Å². The number of carboxylic acid groups (broad SMARTS) is 2. The molecule has 12 amide bonds. The van der Waals surface area contributed by atoms with Crippen molar-refractivity contribution < 1.29 is 77.6 Å². The molecule has 4 heterocycles. The summed E-state index contributed by atoms with van der Waals surface area (Å²) < 4.78 is 0. The van der Waals surface area contributed by atoms with Crippen molar-refractivity contribution in [1.82, 2.24) is 72.0 Å². The second kappa shape index (κ2) is 35.9. The van der Waals surface area contributed by atoms with Crippen molar-refractivity contribution in [2.75, 3.05) is 79.5 Å². The number of aromatic nitrogens is 1. The number of carbonyl (C=O) groups is 13. The number of para-hydroxylation sites is 1. The Balaban J connectivity index is 1.21.